The molecule has 1 aliphatic rings. The second-order valence-corrected chi connectivity index (χ2v) is 11.0. The molecule has 0 unspecified atom stereocenters. The molecule has 0 heterocycles. The summed E-state index contributed by atoms with van der Waals surface area (Å²) in [6.07, 6.45) is 3.42. The molecule has 0 bridgehead atoms. The Bertz CT molecular complexity index is 1030. The second-order valence-electron chi connectivity index (χ2n) is 9.18. The number of hydrogen-bond donors (Lipinski definition) is 0. The summed E-state index contributed by atoms with van der Waals surface area (Å²) in [5.74, 6) is 6.21. The number of ether oxygens (including phenoxy) is 1. The van der Waals surface area contributed by atoms with Crippen molar-refractivity contribution in [2.75, 3.05) is 6.61 Å². The van der Waals surface area contributed by atoms with Crippen molar-refractivity contribution in [1.29, 1.82) is 0 Å². The third-order valence-electron chi connectivity index (χ3n) is 4.98. The first-order valence-corrected chi connectivity index (χ1v) is 11.2. The second kappa shape index (κ2) is 8.74. The SMILES string of the molecule is CCOC(=O)c1ccc(C#Cc2ccc3c(c2)C(C)(C)CC=C3SC(C)(C)C)cc1. The van der Waals surface area contributed by atoms with Crippen molar-refractivity contribution in [3.63, 3.8) is 0 Å². The highest BCUT2D eigenvalue weighted by Crippen LogP contribution is 2.46. The maximum atomic E-state index is 11.8. The van der Waals surface area contributed by atoms with Crippen molar-refractivity contribution < 1.29 is 9.53 Å². The number of hydrogen-bond acceptors (Lipinski definition) is 3. The number of allylic oxidation sites excluding steroid dienone is 1. The molecule has 0 amide bonds. The Balaban J connectivity index is 1.87. The molecule has 0 fully saturated rings. The van der Waals surface area contributed by atoms with Gasteiger partial charge in [0, 0.05) is 20.8 Å². The standard InChI is InChI=1S/C27H30O2S/c1-7-29-25(28)21-13-10-19(11-14-21)8-9-20-12-15-22-23(18-20)27(5,6)17-16-24(22)30-26(2,3)4/h10-16,18H,7,17H2,1-6H3. The first-order chi connectivity index (χ1) is 14.1. The molecule has 0 radical (unpaired) electrons. The van der Waals surface area contributed by atoms with Crippen LogP contribution in [-0.2, 0) is 10.2 Å². The van der Waals surface area contributed by atoms with E-state index < -0.39 is 0 Å². The Hall–Kier alpha value is -2.44. The molecule has 0 atom stereocenters. The highest BCUT2D eigenvalue weighted by atomic mass is 32.2. The van der Waals surface area contributed by atoms with Crippen molar-refractivity contribution in [2.24, 2.45) is 0 Å². The van der Waals surface area contributed by atoms with Gasteiger partial charge < -0.3 is 4.74 Å². The Morgan fingerprint density at radius 2 is 1.70 bits per heavy atom. The van der Waals surface area contributed by atoms with Gasteiger partial charge in [-0.1, -0.05) is 58.6 Å². The van der Waals surface area contributed by atoms with Crippen LogP contribution in [0.1, 0.15) is 80.6 Å². The van der Waals surface area contributed by atoms with Crippen LogP contribution in [0.4, 0.5) is 0 Å². The Morgan fingerprint density at radius 3 is 2.33 bits per heavy atom. The Kier molecular flexibility index (Phi) is 6.48. The molecule has 0 saturated carbocycles. The molecular formula is C27H30O2S. The summed E-state index contributed by atoms with van der Waals surface area (Å²) in [4.78, 5) is 13.1. The monoisotopic (exact) mass is 418 g/mol. The number of benzene rings is 2. The van der Waals surface area contributed by atoms with Gasteiger partial charge in [0.25, 0.3) is 0 Å². The molecular weight excluding hydrogens is 388 g/mol. The minimum absolute atomic E-state index is 0.0935. The van der Waals surface area contributed by atoms with Gasteiger partial charge in [-0.25, -0.2) is 4.79 Å². The largest absolute Gasteiger partial charge is 0.462 e. The van der Waals surface area contributed by atoms with E-state index in [1.165, 1.54) is 16.0 Å². The zero-order chi connectivity index (χ0) is 21.9. The van der Waals surface area contributed by atoms with Crippen molar-refractivity contribution in [3.8, 4) is 11.8 Å². The lowest BCUT2D eigenvalue weighted by Gasteiger charge is -2.33. The predicted molar refractivity (Wildman–Crippen MR) is 128 cm³/mol. The quantitative estimate of drug-likeness (QED) is 0.404. The van der Waals surface area contributed by atoms with Crippen molar-refractivity contribution in [3.05, 3.63) is 76.4 Å². The summed E-state index contributed by atoms with van der Waals surface area (Å²) in [7, 11) is 0. The van der Waals surface area contributed by atoms with Crippen LogP contribution in [0.25, 0.3) is 4.91 Å². The first-order valence-electron chi connectivity index (χ1n) is 10.4. The van der Waals surface area contributed by atoms with Crippen molar-refractivity contribution >= 4 is 22.6 Å². The highest BCUT2D eigenvalue weighted by Gasteiger charge is 2.30. The number of thioether (sulfide) groups is 1. The predicted octanol–water partition coefficient (Wildman–Crippen LogP) is 6.82. The van der Waals surface area contributed by atoms with Crippen molar-refractivity contribution in [1.82, 2.24) is 0 Å². The average Bonchev–Trinajstić information content (AvgIpc) is 2.68. The number of fused-ring (bicyclic) bond motifs is 1. The fourth-order valence-electron chi connectivity index (χ4n) is 3.44. The third-order valence-corrected chi connectivity index (χ3v) is 6.19. The van der Waals surface area contributed by atoms with E-state index in [-0.39, 0.29) is 16.1 Å². The molecule has 156 valence electrons. The summed E-state index contributed by atoms with van der Waals surface area (Å²) in [6, 6.07) is 13.8. The minimum atomic E-state index is -0.300. The van der Waals surface area contributed by atoms with Crippen molar-refractivity contribution in [2.45, 2.75) is 58.1 Å². The lowest BCUT2D eigenvalue weighted by Crippen LogP contribution is -2.22. The molecule has 0 aromatic heterocycles. The summed E-state index contributed by atoms with van der Waals surface area (Å²) in [6.45, 7) is 13.5. The molecule has 0 spiro atoms. The molecule has 2 nitrogen and oxygen atoms in total. The molecule has 1 aliphatic carbocycles. The van der Waals surface area contributed by atoms with E-state index in [4.69, 9.17) is 4.74 Å². The lowest BCUT2D eigenvalue weighted by atomic mass is 9.75. The van der Waals surface area contributed by atoms with Gasteiger partial charge in [-0.2, -0.15) is 0 Å². The van der Waals surface area contributed by atoms with Gasteiger partial charge in [0.05, 0.1) is 12.2 Å². The van der Waals surface area contributed by atoms with Crippen LogP contribution in [0.2, 0.25) is 0 Å². The van der Waals surface area contributed by atoms with E-state index in [1.54, 1.807) is 19.1 Å². The molecule has 3 heteroatoms. The van der Waals surface area contributed by atoms with Gasteiger partial charge in [-0.15, -0.1) is 11.8 Å². The first kappa shape index (κ1) is 22.2. The smallest absolute Gasteiger partial charge is 0.338 e. The van der Waals surface area contributed by atoms with Gasteiger partial charge >= 0.3 is 5.97 Å². The van der Waals surface area contributed by atoms with Crippen LogP contribution in [0.5, 0.6) is 0 Å². The van der Waals surface area contributed by atoms with Gasteiger partial charge in [0.1, 0.15) is 0 Å². The van der Waals surface area contributed by atoms with E-state index in [2.05, 4.69) is 70.7 Å². The fourth-order valence-corrected chi connectivity index (χ4v) is 4.55. The van der Waals surface area contributed by atoms with Crippen LogP contribution in [0, 0.1) is 11.8 Å². The van der Waals surface area contributed by atoms with Crippen LogP contribution in [-0.4, -0.2) is 17.3 Å². The van der Waals surface area contributed by atoms with Gasteiger partial charge in [0.15, 0.2) is 0 Å². The zero-order valence-corrected chi connectivity index (χ0v) is 19.6. The molecule has 2 aromatic rings. The Labute approximate surface area is 185 Å². The van der Waals surface area contributed by atoms with Crippen LogP contribution < -0.4 is 0 Å². The van der Waals surface area contributed by atoms with E-state index in [0.29, 0.717) is 12.2 Å². The molecule has 0 N–H and O–H groups in total. The highest BCUT2D eigenvalue weighted by molar-refractivity contribution is 8.09. The molecule has 3 rings (SSSR count). The topological polar surface area (TPSA) is 26.3 Å². The van der Waals surface area contributed by atoms with Gasteiger partial charge in [0.2, 0.25) is 0 Å². The number of carbonyl (C=O) groups excluding carboxylic acids is 1. The van der Waals surface area contributed by atoms with E-state index >= 15 is 0 Å². The number of esters is 1. The van der Waals surface area contributed by atoms with Gasteiger partial charge in [-0.3, -0.25) is 0 Å². The normalized spacial score (nSPS) is 14.8. The fraction of sp³-hybridized carbons (Fsp3) is 0.370. The summed E-state index contributed by atoms with van der Waals surface area (Å²) in [5, 5.41) is 0. The minimum Gasteiger partial charge on any atom is -0.462 e. The molecule has 30 heavy (non-hydrogen) atoms. The van der Waals surface area contributed by atoms with Crippen LogP contribution in [0.3, 0.4) is 0 Å². The molecule has 0 saturated heterocycles. The number of carbonyl (C=O) groups is 1. The maximum Gasteiger partial charge on any atom is 0.338 e. The molecule has 0 aliphatic heterocycles. The summed E-state index contributed by atoms with van der Waals surface area (Å²) < 4.78 is 5.21. The van der Waals surface area contributed by atoms with E-state index in [1.807, 2.05) is 23.9 Å². The summed E-state index contributed by atoms with van der Waals surface area (Å²) in [5.41, 5.74) is 5.23. The van der Waals surface area contributed by atoms with Crippen LogP contribution in [0.15, 0.2) is 48.5 Å². The van der Waals surface area contributed by atoms with E-state index in [9.17, 15) is 4.79 Å². The van der Waals surface area contributed by atoms with E-state index in [0.717, 1.165) is 17.5 Å². The maximum absolute atomic E-state index is 11.8. The summed E-state index contributed by atoms with van der Waals surface area (Å²) >= 11 is 1.93. The zero-order valence-electron chi connectivity index (χ0n) is 18.8. The average molecular weight is 419 g/mol. The Morgan fingerprint density at radius 1 is 1.07 bits per heavy atom. The van der Waals surface area contributed by atoms with Crippen LogP contribution >= 0.6 is 11.8 Å². The molecule has 2 aromatic carbocycles. The lowest BCUT2D eigenvalue weighted by molar-refractivity contribution is 0.0526. The third kappa shape index (κ3) is 5.37. The van der Waals surface area contributed by atoms with Gasteiger partial charge in [-0.05, 0) is 66.3 Å². The number of rotatable bonds is 3.